The monoisotopic (exact) mass is 291 g/mol. The van der Waals surface area contributed by atoms with E-state index in [4.69, 9.17) is 11.6 Å². The lowest BCUT2D eigenvalue weighted by Crippen LogP contribution is -2.37. The van der Waals surface area contributed by atoms with E-state index >= 15 is 0 Å². The number of aromatic nitrogens is 1. The third-order valence-corrected chi connectivity index (χ3v) is 4.00. The van der Waals surface area contributed by atoms with Crippen molar-refractivity contribution in [3.8, 4) is 0 Å². The molecule has 1 rings (SSSR count). The molecule has 102 valence electrons. The molecule has 0 amide bonds. The maximum Gasteiger partial charge on any atom is 0.301 e. The smallest absolute Gasteiger partial charge is 0.271 e. The Bertz CT molecular complexity index is 473. The Labute approximate surface area is 113 Å². The van der Waals surface area contributed by atoms with Gasteiger partial charge in [-0.15, -0.1) is 0 Å². The average molecular weight is 292 g/mol. The van der Waals surface area contributed by atoms with Gasteiger partial charge in [0.25, 0.3) is 0 Å². The quantitative estimate of drug-likeness (QED) is 0.785. The van der Waals surface area contributed by atoms with Gasteiger partial charge < -0.3 is 0 Å². The van der Waals surface area contributed by atoms with Crippen molar-refractivity contribution >= 4 is 27.5 Å². The van der Waals surface area contributed by atoms with E-state index in [0.29, 0.717) is 18.8 Å². The molecule has 0 bridgehead atoms. The first kappa shape index (κ1) is 15.2. The van der Waals surface area contributed by atoms with E-state index in [0.717, 1.165) is 12.8 Å². The second kappa shape index (κ2) is 6.92. The third kappa shape index (κ3) is 4.44. The van der Waals surface area contributed by atoms with Gasteiger partial charge in [0.05, 0.1) is 5.69 Å². The summed E-state index contributed by atoms with van der Waals surface area (Å²) < 4.78 is 28.2. The molecule has 1 aromatic rings. The molecule has 0 atom stereocenters. The molecule has 0 fully saturated rings. The molecule has 0 unspecified atom stereocenters. The highest BCUT2D eigenvalue weighted by Crippen LogP contribution is 2.15. The van der Waals surface area contributed by atoms with Crippen molar-refractivity contribution in [2.45, 2.75) is 26.7 Å². The molecule has 1 N–H and O–H groups in total. The van der Waals surface area contributed by atoms with Gasteiger partial charge in [-0.05, 0) is 25.0 Å². The zero-order valence-corrected chi connectivity index (χ0v) is 12.1. The van der Waals surface area contributed by atoms with Crippen LogP contribution in [-0.4, -0.2) is 30.8 Å². The number of rotatable bonds is 7. The SMILES string of the molecule is CCCN(CCC)S(=O)(=O)Nc1ccnc(Cl)c1. The topological polar surface area (TPSA) is 62.3 Å². The lowest BCUT2D eigenvalue weighted by atomic mass is 10.4. The number of nitrogens with one attached hydrogen (secondary N) is 1. The molecule has 1 heterocycles. The van der Waals surface area contributed by atoms with Gasteiger partial charge in [-0.1, -0.05) is 25.4 Å². The van der Waals surface area contributed by atoms with Crippen LogP contribution < -0.4 is 4.72 Å². The van der Waals surface area contributed by atoms with Crippen LogP contribution in [0.3, 0.4) is 0 Å². The number of anilines is 1. The van der Waals surface area contributed by atoms with E-state index in [-0.39, 0.29) is 5.15 Å². The van der Waals surface area contributed by atoms with E-state index in [2.05, 4.69) is 9.71 Å². The van der Waals surface area contributed by atoms with Crippen molar-refractivity contribution in [3.63, 3.8) is 0 Å². The Morgan fingerprint density at radius 2 is 1.94 bits per heavy atom. The summed E-state index contributed by atoms with van der Waals surface area (Å²) in [5, 5.41) is 0.257. The number of nitrogens with zero attached hydrogens (tertiary/aromatic N) is 2. The zero-order chi connectivity index (χ0) is 13.6. The predicted octanol–water partition coefficient (Wildman–Crippen LogP) is 2.51. The van der Waals surface area contributed by atoms with Crippen LogP contribution in [0.1, 0.15) is 26.7 Å². The van der Waals surface area contributed by atoms with Gasteiger partial charge in [-0.3, -0.25) is 4.72 Å². The molecule has 7 heteroatoms. The standard InChI is InChI=1S/C11H18ClN3O2S/c1-3-7-15(8-4-2)18(16,17)14-10-5-6-13-11(12)9-10/h5-6,9H,3-4,7-8H2,1-2H3,(H,13,14). The molecule has 18 heavy (non-hydrogen) atoms. The van der Waals surface area contributed by atoms with Crippen molar-refractivity contribution in [2.75, 3.05) is 17.8 Å². The largest absolute Gasteiger partial charge is 0.301 e. The average Bonchev–Trinajstić information content (AvgIpc) is 2.28. The molecule has 0 aliphatic rings. The van der Waals surface area contributed by atoms with Crippen LogP contribution in [-0.2, 0) is 10.2 Å². The van der Waals surface area contributed by atoms with Crippen molar-refractivity contribution in [2.24, 2.45) is 0 Å². The molecular formula is C11H18ClN3O2S. The van der Waals surface area contributed by atoms with Crippen LogP contribution in [0, 0.1) is 0 Å². The van der Waals surface area contributed by atoms with Gasteiger partial charge in [0, 0.05) is 19.3 Å². The highest BCUT2D eigenvalue weighted by atomic mass is 35.5. The Morgan fingerprint density at radius 1 is 1.33 bits per heavy atom. The molecule has 0 aromatic carbocycles. The Balaban J connectivity index is 2.85. The minimum absolute atomic E-state index is 0.257. The molecule has 0 aliphatic heterocycles. The Kier molecular flexibility index (Phi) is 5.84. The predicted molar refractivity (Wildman–Crippen MR) is 73.9 cm³/mol. The van der Waals surface area contributed by atoms with Crippen LogP contribution in [0.25, 0.3) is 0 Å². The maximum atomic E-state index is 12.1. The summed E-state index contributed by atoms with van der Waals surface area (Å²) in [6.07, 6.45) is 3.01. The molecule has 0 saturated heterocycles. The molecule has 5 nitrogen and oxygen atoms in total. The Hall–Kier alpha value is -0.850. The molecule has 1 aromatic heterocycles. The number of halogens is 1. The van der Waals surface area contributed by atoms with Crippen LogP contribution >= 0.6 is 11.6 Å². The molecule has 0 aliphatic carbocycles. The van der Waals surface area contributed by atoms with Crippen LogP contribution in [0.15, 0.2) is 18.3 Å². The minimum atomic E-state index is -3.52. The van der Waals surface area contributed by atoms with Crippen LogP contribution in [0.2, 0.25) is 5.15 Å². The van der Waals surface area contributed by atoms with Gasteiger partial charge in [0.1, 0.15) is 5.15 Å². The van der Waals surface area contributed by atoms with Gasteiger partial charge in [-0.2, -0.15) is 12.7 Å². The fraction of sp³-hybridized carbons (Fsp3) is 0.545. The van der Waals surface area contributed by atoms with Crippen molar-refractivity contribution < 1.29 is 8.42 Å². The first-order chi connectivity index (χ1) is 8.49. The third-order valence-electron chi connectivity index (χ3n) is 2.26. The number of hydrogen-bond donors (Lipinski definition) is 1. The van der Waals surface area contributed by atoms with E-state index in [1.54, 1.807) is 6.07 Å². The van der Waals surface area contributed by atoms with Gasteiger partial charge in [0.2, 0.25) is 0 Å². The molecule has 0 spiro atoms. The highest BCUT2D eigenvalue weighted by molar-refractivity contribution is 7.90. The summed E-state index contributed by atoms with van der Waals surface area (Å²) in [6.45, 7) is 4.90. The summed E-state index contributed by atoms with van der Waals surface area (Å²) in [7, 11) is -3.52. The minimum Gasteiger partial charge on any atom is -0.271 e. The lowest BCUT2D eigenvalue weighted by Gasteiger charge is -2.21. The number of pyridine rings is 1. The van der Waals surface area contributed by atoms with E-state index in [1.807, 2.05) is 13.8 Å². The first-order valence-electron chi connectivity index (χ1n) is 5.89. The second-order valence-electron chi connectivity index (χ2n) is 3.87. The summed E-state index contributed by atoms with van der Waals surface area (Å²) in [4.78, 5) is 3.80. The zero-order valence-electron chi connectivity index (χ0n) is 10.6. The summed E-state index contributed by atoms with van der Waals surface area (Å²) >= 11 is 5.72. The van der Waals surface area contributed by atoms with E-state index < -0.39 is 10.2 Å². The fourth-order valence-electron chi connectivity index (χ4n) is 1.53. The first-order valence-corrected chi connectivity index (χ1v) is 7.70. The normalized spacial score (nSPS) is 11.8. The maximum absolute atomic E-state index is 12.1. The van der Waals surface area contributed by atoms with Gasteiger partial charge >= 0.3 is 10.2 Å². The lowest BCUT2D eigenvalue weighted by molar-refractivity contribution is 0.413. The van der Waals surface area contributed by atoms with Crippen molar-refractivity contribution in [1.29, 1.82) is 0 Å². The van der Waals surface area contributed by atoms with E-state index in [9.17, 15) is 8.42 Å². The Morgan fingerprint density at radius 3 is 2.44 bits per heavy atom. The fourth-order valence-corrected chi connectivity index (χ4v) is 3.10. The van der Waals surface area contributed by atoms with E-state index in [1.165, 1.54) is 16.6 Å². The highest BCUT2D eigenvalue weighted by Gasteiger charge is 2.20. The molecule has 0 radical (unpaired) electrons. The second-order valence-corrected chi connectivity index (χ2v) is 5.93. The summed E-state index contributed by atoms with van der Waals surface area (Å²) in [5.41, 5.74) is 0.423. The molecular weight excluding hydrogens is 274 g/mol. The molecule has 0 saturated carbocycles. The summed E-state index contributed by atoms with van der Waals surface area (Å²) in [6, 6.07) is 3.05. The number of hydrogen-bond acceptors (Lipinski definition) is 3. The van der Waals surface area contributed by atoms with Crippen molar-refractivity contribution in [1.82, 2.24) is 9.29 Å². The van der Waals surface area contributed by atoms with Crippen LogP contribution in [0.4, 0.5) is 5.69 Å². The van der Waals surface area contributed by atoms with Gasteiger partial charge in [0.15, 0.2) is 0 Å². The van der Waals surface area contributed by atoms with Gasteiger partial charge in [-0.25, -0.2) is 4.98 Å². The summed E-state index contributed by atoms with van der Waals surface area (Å²) in [5.74, 6) is 0. The van der Waals surface area contributed by atoms with Crippen LogP contribution in [0.5, 0.6) is 0 Å². The van der Waals surface area contributed by atoms with Crippen molar-refractivity contribution in [3.05, 3.63) is 23.5 Å².